The first-order chi connectivity index (χ1) is 36.0. The van der Waals surface area contributed by atoms with Crippen molar-refractivity contribution < 1.29 is 32.9 Å². The molecule has 3 atom stereocenters. The van der Waals surface area contributed by atoms with Gasteiger partial charge in [0.05, 0.1) is 39.9 Å². The standard InChI is InChI=1S/C65H121N2O6P/c1-6-8-10-12-14-16-18-20-22-24-26-28-29-30-31-32-33-34-35-36-37-39-41-43-45-47-49-51-53-55-57-59-65(69)66-63(62-73-74(70,71)72-61-60-67(3,4)5)64(68)58-56-54-52-50-48-46-44-42-40-38-27-25-23-21-19-17-15-13-11-9-7-2/h18,20,24,26,29-30,40,42,48,50,56,58,63-64,68H,6-17,19,21-23,25,27-28,31-39,41,43-47,49,51-55,57,59-62H2,1-5H3,(H-,66,69,70,71)/b20-18-,26-24-,30-29-,42-40+,50-48+,58-56+. The Bertz CT molecular complexity index is 1430. The van der Waals surface area contributed by atoms with Crippen molar-refractivity contribution in [3.63, 3.8) is 0 Å². The van der Waals surface area contributed by atoms with Crippen LogP contribution in [-0.4, -0.2) is 68.5 Å². The van der Waals surface area contributed by atoms with Crippen LogP contribution in [0.5, 0.6) is 0 Å². The molecule has 1 amide bonds. The fourth-order valence-corrected chi connectivity index (χ4v) is 9.68. The van der Waals surface area contributed by atoms with Crippen LogP contribution in [0.25, 0.3) is 0 Å². The quantitative estimate of drug-likeness (QED) is 0.0272. The molecule has 0 aromatic rings. The lowest BCUT2D eigenvalue weighted by Gasteiger charge is -2.29. The molecule has 0 fully saturated rings. The summed E-state index contributed by atoms with van der Waals surface area (Å²) in [5.41, 5.74) is 0. The third kappa shape index (κ3) is 57.6. The number of carbonyl (C=O) groups excluding carboxylic acids is 1. The van der Waals surface area contributed by atoms with Crippen LogP contribution in [0.4, 0.5) is 0 Å². The predicted octanol–water partition coefficient (Wildman–Crippen LogP) is 18.8. The zero-order valence-corrected chi connectivity index (χ0v) is 50.2. The van der Waals surface area contributed by atoms with Crippen LogP contribution >= 0.6 is 7.82 Å². The summed E-state index contributed by atoms with van der Waals surface area (Å²) in [6, 6.07) is -0.913. The lowest BCUT2D eigenvalue weighted by Crippen LogP contribution is -2.45. The van der Waals surface area contributed by atoms with E-state index in [1.807, 2.05) is 27.2 Å². The largest absolute Gasteiger partial charge is 0.756 e. The number of quaternary nitrogens is 1. The zero-order chi connectivity index (χ0) is 54.2. The molecule has 0 bridgehead atoms. The van der Waals surface area contributed by atoms with Gasteiger partial charge in [0.1, 0.15) is 13.2 Å². The minimum Gasteiger partial charge on any atom is -0.756 e. The lowest BCUT2D eigenvalue weighted by atomic mass is 10.0. The molecule has 0 aliphatic heterocycles. The fraction of sp³-hybridized carbons (Fsp3) is 0.800. The van der Waals surface area contributed by atoms with E-state index >= 15 is 0 Å². The fourth-order valence-electron chi connectivity index (χ4n) is 8.96. The number of allylic oxidation sites excluding steroid dienone is 11. The molecule has 74 heavy (non-hydrogen) atoms. The number of nitrogens with one attached hydrogen (secondary N) is 1. The van der Waals surface area contributed by atoms with Gasteiger partial charge in [0.2, 0.25) is 5.91 Å². The monoisotopic (exact) mass is 1060 g/mol. The van der Waals surface area contributed by atoms with Gasteiger partial charge in [0.25, 0.3) is 7.82 Å². The summed E-state index contributed by atoms with van der Waals surface area (Å²) < 4.78 is 23.4. The number of hydrogen-bond donors (Lipinski definition) is 2. The van der Waals surface area contributed by atoms with Crippen molar-refractivity contribution in [1.29, 1.82) is 0 Å². The number of hydrogen-bond acceptors (Lipinski definition) is 6. The molecule has 0 aliphatic carbocycles. The number of amides is 1. The SMILES string of the molecule is CCCCCCC/C=C\C/C=C\C/C=C\CCCCCCCCCCCCCCCCCCC(=O)NC(COP(=O)([O-])OCC[N+](C)(C)C)C(O)/C=C/CC/C=C/CC/C=C/CCCCCCCCCCCCC. The maximum atomic E-state index is 13.0. The molecule has 9 heteroatoms. The van der Waals surface area contributed by atoms with E-state index in [0.717, 1.165) is 57.8 Å². The van der Waals surface area contributed by atoms with Crippen molar-refractivity contribution in [1.82, 2.24) is 5.32 Å². The Hall–Kier alpha value is -2.06. The van der Waals surface area contributed by atoms with E-state index < -0.39 is 26.6 Å². The van der Waals surface area contributed by atoms with Gasteiger partial charge in [-0.3, -0.25) is 9.36 Å². The first kappa shape index (κ1) is 71.9. The Balaban J connectivity index is 4.17. The van der Waals surface area contributed by atoms with Crippen LogP contribution in [0, 0.1) is 0 Å². The third-order valence-corrected chi connectivity index (χ3v) is 14.8. The molecule has 0 rings (SSSR count). The minimum atomic E-state index is -4.61. The van der Waals surface area contributed by atoms with E-state index in [9.17, 15) is 19.4 Å². The first-order valence-electron chi connectivity index (χ1n) is 31.3. The molecule has 0 aliphatic rings. The van der Waals surface area contributed by atoms with Gasteiger partial charge >= 0.3 is 0 Å². The molecular weight excluding hydrogens is 936 g/mol. The van der Waals surface area contributed by atoms with E-state index in [1.165, 1.54) is 205 Å². The lowest BCUT2D eigenvalue weighted by molar-refractivity contribution is -0.870. The normalized spacial score (nSPS) is 14.3. The number of phosphoric acid groups is 1. The Morgan fingerprint density at radius 3 is 1.19 bits per heavy atom. The number of nitrogens with zero attached hydrogens (tertiary/aromatic N) is 1. The van der Waals surface area contributed by atoms with Gasteiger partial charge in [0, 0.05) is 6.42 Å². The number of likely N-dealkylation sites (N-methyl/N-ethyl adjacent to an activating group) is 1. The van der Waals surface area contributed by atoms with Crippen LogP contribution < -0.4 is 10.2 Å². The van der Waals surface area contributed by atoms with Crippen molar-refractivity contribution in [3.05, 3.63) is 72.9 Å². The summed E-state index contributed by atoms with van der Waals surface area (Å²) in [6.45, 7) is 4.63. The molecule has 0 saturated carbocycles. The second-order valence-corrected chi connectivity index (χ2v) is 23.8. The van der Waals surface area contributed by atoms with Gasteiger partial charge in [-0.15, -0.1) is 0 Å². The van der Waals surface area contributed by atoms with Crippen LogP contribution in [0.3, 0.4) is 0 Å². The highest BCUT2D eigenvalue weighted by atomic mass is 31.2. The molecule has 8 nitrogen and oxygen atoms in total. The number of carbonyl (C=O) groups is 1. The molecule has 0 aromatic heterocycles. The Morgan fingerprint density at radius 2 is 0.797 bits per heavy atom. The maximum Gasteiger partial charge on any atom is 0.268 e. The zero-order valence-electron chi connectivity index (χ0n) is 49.3. The summed E-state index contributed by atoms with van der Waals surface area (Å²) in [6.07, 6.45) is 77.1. The van der Waals surface area contributed by atoms with Gasteiger partial charge in [-0.25, -0.2) is 0 Å². The van der Waals surface area contributed by atoms with Crippen molar-refractivity contribution in [2.24, 2.45) is 0 Å². The second-order valence-electron chi connectivity index (χ2n) is 22.4. The van der Waals surface area contributed by atoms with E-state index in [-0.39, 0.29) is 12.5 Å². The van der Waals surface area contributed by atoms with E-state index in [1.54, 1.807) is 6.08 Å². The van der Waals surface area contributed by atoms with Gasteiger partial charge in [-0.1, -0.05) is 267 Å². The third-order valence-electron chi connectivity index (χ3n) is 13.9. The van der Waals surface area contributed by atoms with Crippen molar-refractivity contribution in [3.8, 4) is 0 Å². The summed E-state index contributed by atoms with van der Waals surface area (Å²) in [5.74, 6) is -0.210. The van der Waals surface area contributed by atoms with Gasteiger partial charge in [-0.05, 0) is 83.5 Å². The van der Waals surface area contributed by atoms with Gasteiger partial charge in [-0.2, -0.15) is 0 Å². The number of rotatable bonds is 57. The Kier molecular flexibility index (Phi) is 54.1. The highest BCUT2D eigenvalue weighted by Crippen LogP contribution is 2.38. The van der Waals surface area contributed by atoms with E-state index in [2.05, 4.69) is 79.9 Å². The maximum absolute atomic E-state index is 13.0. The number of phosphoric ester groups is 1. The Labute approximate surface area is 459 Å². The molecule has 432 valence electrons. The van der Waals surface area contributed by atoms with E-state index in [0.29, 0.717) is 17.4 Å². The highest BCUT2D eigenvalue weighted by molar-refractivity contribution is 7.45. The number of unbranched alkanes of at least 4 members (excludes halogenated alkanes) is 34. The predicted molar refractivity (Wildman–Crippen MR) is 320 cm³/mol. The van der Waals surface area contributed by atoms with Crippen LogP contribution in [0.1, 0.15) is 284 Å². The van der Waals surface area contributed by atoms with Crippen LogP contribution in [-0.2, 0) is 18.4 Å². The number of aliphatic hydroxyl groups excluding tert-OH is 1. The molecule has 2 N–H and O–H groups in total. The van der Waals surface area contributed by atoms with Crippen molar-refractivity contribution in [2.75, 3.05) is 40.9 Å². The molecule has 0 spiro atoms. The molecule has 3 unspecified atom stereocenters. The molecule has 0 aromatic carbocycles. The first-order valence-corrected chi connectivity index (χ1v) is 32.8. The van der Waals surface area contributed by atoms with Gasteiger partial charge in [0.15, 0.2) is 0 Å². The topological polar surface area (TPSA) is 108 Å². The molecule has 0 heterocycles. The van der Waals surface area contributed by atoms with Crippen molar-refractivity contribution >= 4 is 13.7 Å². The Morgan fingerprint density at radius 1 is 0.473 bits per heavy atom. The van der Waals surface area contributed by atoms with Crippen LogP contribution in [0.15, 0.2) is 72.9 Å². The summed E-state index contributed by atoms with van der Waals surface area (Å²) in [7, 11) is 1.24. The molecule has 0 radical (unpaired) electrons. The van der Waals surface area contributed by atoms with Crippen molar-refractivity contribution in [2.45, 2.75) is 296 Å². The summed E-state index contributed by atoms with van der Waals surface area (Å²) >= 11 is 0. The van der Waals surface area contributed by atoms with E-state index in [4.69, 9.17) is 9.05 Å². The van der Waals surface area contributed by atoms with Gasteiger partial charge < -0.3 is 28.8 Å². The molecular formula is C65H121N2O6P. The smallest absolute Gasteiger partial charge is 0.268 e. The highest BCUT2D eigenvalue weighted by Gasteiger charge is 2.23. The van der Waals surface area contributed by atoms with Crippen LogP contribution in [0.2, 0.25) is 0 Å². The molecule has 0 saturated heterocycles. The minimum absolute atomic E-state index is 0.0105. The number of aliphatic hydroxyl groups is 1. The average molecular weight is 1060 g/mol. The second kappa shape index (κ2) is 55.7. The summed E-state index contributed by atoms with van der Waals surface area (Å²) in [5, 5.41) is 13.9. The summed E-state index contributed by atoms with van der Waals surface area (Å²) in [4.78, 5) is 25.5. The average Bonchev–Trinajstić information content (AvgIpc) is 3.36.